The SMILES string of the molecule is CC(C)(CN1C(=O)c2ccccc2C1=O)CC(C)(C)SC(=N)N. The van der Waals surface area contributed by atoms with E-state index in [4.69, 9.17) is 11.1 Å². The molecule has 0 saturated carbocycles. The smallest absolute Gasteiger partial charge is 0.261 e. The van der Waals surface area contributed by atoms with E-state index in [1.54, 1.807) is 24.3 Å². The Morgan fingerprint density at radius 3 is 2.04 bits per heavy atom. The van der Waals surface area contributed by atoms with Crippen molar-refractivity contribution in [2.24, 2.45) is 11.1 Å². The van der Waals surface area contributed by atoms with Crippen LogP contribution in [0, 0.1) is 10.8 Å². The molecule has 0 unspecified atom stereocenters. The highest BCUT2D eigenvalue weighted by atomic mass is 32.2. The Bertz CT molecular complexity index is 633. The second-order valence-electron chi connectivity index (χ2n) is 7.31. The molecule has 0 radical (unpaired) electrons. The average molecular weight is 333 g/mol. The minimum atomic E-state index is -0.278. The van der Waals surface area contributed by atoms with Crippen LogP contribution in [0.1, 0.15) is 54.8 Å². The largest absolute Gasteiger partial charge is 0.379 e. The molecule has 2 amide bonds. The van der Waals surface area contributed by atoms with E-state index in [2.05, 4.69) is 0 Å². The maximum absolute atomic E-state index is 12.5. The first kappa shape index (κ1) is 17.5. The fraction of sp³-hybridized carbons (Fsp3) is 0.471. The van der Waals surface area contributed by atoms with Crippen LogP contribution in [0.5, 0.6) is 0 Å². The van der Waals surface area contributed by atoms with Crippen molar-refractivity contribution >= 4 is 28.7 Å². The number of carbonyl (C=O) groups is 2. The molecule has 3 N–H and O–H groups in total. The highest BCUT2D eigenvalue weighted by Gasteiger charge is 2.40. The molecular weight excluding hydrogens is 310 g/mol. The molecule has 0 fully saturated rings. The quantitative estimate of drug-likeness (QED) is 0.492. The molecule has 0 aromatic heterocycles. The summed E-state index contributed by atoms with van der Waals surface area (Å²) in [6.07, 6.45) is 0.720. The number of amides is 2. The molecule has 0 spiro atoms. The normalized spacial score (nSPS) is 15.0. The van der Waals surface area contributed by atoms with Crippen LogP contribution in [-0.2, 0) is 0 Å². The van der Waals surface area contributed by atoms with Crippen molar-refractivity contribution in [1.29, 1.82) is 5.41 Å². The van der Waals surface area contributed by atoms with E-state index >= 15 is 0 Å². The minimum Gasteiger partial charge on any atom is -0.379 e. The lowest BCUT2D eigenvalue weighted by Crippen LogP contribution is -2.41. The number of carbonyl (C=O) groups excluding carboxylic acids is 2. The Morgan fingerprint density at radius 2 is 1.61 bits per heavy atom. The van der Waals surface area contributed by atoms with Crippen molar-refractivity contribution in [1.82, 2.24) is 4.90 Å². The van der Waals surface area contributed by atoms with Crippen LogP contribution in [0.25, 0.3) is 0 Å². The summed E-state index contributed by atoms with van der Waals surface area (Å²) in [7, 11) is 0. The van der Waals surface area contributed by atoms with E-state index in [0.717, 1.165) is 6.42 Å². The van der Waals surface area contributed by atoms with Crippen LogP contribution in [0.2, 0.25) is 0 Å². The van der Waals surface area contributed by atoms with E-state index in [9.17, 15) is 9.59 Å². The highest BCUT2D eigenvalue weighted by molar-refractivity contribution is 8.14. The molecule has 2 rings (SSSR count). The second-order valence-corrected chi connectivity index (χ2v) is 9.06. The third-order valence-corrected chi connectivity index (χ3v) is 4.67. The van der Waals surface area contributed by atoms with Gasteiger partial charge in [0.15, 0.2) is 5.17 Å². The van der Waals surface area contributed by atoms with Gasteiger partial charge in [0.25, 0.3) is 11.8 Å². The maximum atomic E-state index is 12.5. The topological polar surface area (TPSA) is 87.2 Å². The Labute approximate surface area is 141 Å². The predicted molar refractivity (Wildman–Crippen MR) is 93.8 cm³/mol. The lowest BCUT2D eigenvalue weighted by molar-refractivity contribution is 0.0578. The van der Waals surface area contributed by atoms with Crippen molar-refractivity contribution in [3.8, 4) is 0 Å². The number of imide groups is 1. The maximum Gasteiger partial charge on any atom is 0.261 e. The van der Waals surface area contributed by atoms with E-state index in [1.807, 2.05) is 27.7 Å². The van der Waals surface area contributed by atoms with Gasteiger partial charge >= 0.3 is 0 Å². The lowest BCUT2D eigenvalue weighted by Gasteiger charge is -2.36. The van der Waals surface area contributed by atoms with Crippen molar-refractivity contribution < 1.29 is 9.59 Å². The van der Waals surface area contributed by atoms with E-state index in [1.165, 1.54) is 16.7 Å². The fourth-order valence-electron chi connectivity index (χ4n) is 3.35. The monoisotopic (exact) mass is 333 g/mol. The third kappa shape index (κ3) is 3.93. The standard InChI is InChI=1S/C17H23N3O2S/c1-16(2,9-17(3,4)23-15(18)19)10-20-13(21)11-7-5-6-8-12(11)14(20)22/h5-8H,9-10H2,1-4H3,(H3,18,19). The van der Waals surface area contributed by atoms with Gasteiger partial charge in [0.2, 0.25) is 0 Å². The Morgan fingerprint density at radius 1 is 1.13 bits per heavy atom. The summed E-state index contributed by atoms with van der Waals surface area (Å²) in [5.41, 5.74) is 6.17. The Hall–Kier alpha value is -1.82. The zero-order valence-electron chi connectivity index (χ0n) is 14.0. The fourth-order valence-corrected chi connectivity index (χ4v) is 4.41. The van der Waals surface area contributed by atoms with Gasteiger partial charge in [0, 0.05) is 11.3 Å². The molecule has 1 aromatic rings. The van der Waals surface area contributed by atoms with Gasteiger partial charge in [-0.05, 0) is 24.0 Å². The number of fused-ring (bicyclic) bond motifs is 1. The number of hydrogen-bond donors (Lipinski definition) is 2. The number of nitrogens with zero attached hydrogens (tertiary/aromatic N) is 1. The van der Waals surface area contributed by atoms with E-state index < -0.39 is 0 Å². The first-order valence-corrected chi connectivity index (χ1v) is 8.32. The van der Waals surface area contributed by atoms with Gasteiger partial charge in [-0.15, -0.1) is 0 Å². The van der Waals surface area contributed by atoms with Crippen molar-refractivity contribution in [3.05, 3.63) is 35.4 Å². The Balaban J connectivity index is 2.14. The van der Waals surface area contributed by atoms with Gasteiger partial charge < -0.3 is 5.73 Å². The number of thioether (sulfide) groups is 1. The number of nitrogens with one attached hydrogen (secondary N) is 1. The zero-order valence-corrected chi connectivity index (χ0v) is 14.8. The van der Waals surface area contributed by atoms with Crippen LogP contribution in [-0.4, -0.2) is 33.2 Å². The van der Waals surface area contributed by atoms with Crippen LogP contribution in [0.15, 0.2) is 24.3 Å². The number of hydrogen-bond acceptors (Lipinski definition) is 4. The van der Waals surface area contributed by atoms with Gasteiger partial charge in [-0.2, -0.15) is 0 Å². The zero-order chi connectivity index (χ0) is 17.4. The van der Waals surface area contributed by atoms with Gasteiger partial charge in [-0.3, -0.25) is 19.9 Å². The van der Waals surface area contributed by atoms with Crippen LogP contribution < -0.4 is 5.73 Å². The number of benzene rings is 1. The first-order chi connectivity index (χ1) is 10.5. The summed E-state index contributed by atoms with van der Waals surface area (Å²) >= 11 is 1.30. The molecular formula is C17H23N3O2S. The van der Waals surface area contributed by atoms with E-state index in [0.29, 0.717) is 17.7 Å². The van der Waals surface area contributed by atoms with Gasteiger partial charge in [0.1, 0.15) is 0 Å². The number of nitrogens with two attached hydrogens (primary N) is 1. The molecule has 6 heteroatoms. The molecule has 23 heavy (non-hydrogen) atoms. The van der Waals surface area contributed by atoms with Gasteiger partial charge in [-0.25, -0.2) is 0 Å². The van der Waals surface area contributed by atoms with Crippen LogP contribution in [0.3, 0.4) is 0 Å². The summed E-state index contributed by atoms with van der Waals surface area (Å²) < 4.78 is -0.242. The molecule has 1 aliphatic rings. The van der Waals surface area contributed by atoms with Crippen molar-refractivity contribution in [2.75, 3.05) is 6.54 Å². The Kier molecular flexibility index (Phi) is 4.57. The van der Waals surface area contributed by atoms with Gasteiger partial charge in [-0.1, -0.05) is 51.6 Å². The highest BCUT2D eigenvalue weighted by Crippen LogP contribution is 2.38. The molecule has 0 atom stereocenters. The van der Waals surface area contributed by atoms with Crippen molar-refractivity contribution in [2.45, 2.75) is 38.9 Å². The summed E-state index contributed by atoms with van der Waals surface area (Å²) in [4.78, 5) is 26.3. The average Bonchev–Trinajstić information content (AvgIpc) is 2.61. The first-order valence-electron chi connectivity index (χ1n) is 7.51. The van der Waals surface area contributed by atoms with Gasteiger partial charge in [0.05, 0.1) is 11.1 Å². The third-order valence-electron chi connectivity index (χ3n) is 3.75. The molecule has 1 heterocycles. The minimum absolute atomic E-state index is 0.0755. The lowest BCUT2D eigenvalue weighted by atomic mass is 9.83. The molecule has 124 valence electrons. The van der Waals surface area contributed by atoms with E-state index in [-0.39, 0.29) is 27.1 Å². The predicted octanol–water partition coefficient (Wildman–Crippen LogP) is 3.10. The molecule has 0 aliphatic carbocycles. The van der Waals surface area contributed by atoms with Crippen molar-refractivity contribution in [3.63, 3.8) is 0 Å². The summed E-state index contributed by atoms with van der Waals surface area (Å²) in [6.45, 7) is 8.44. The summed E-state index contributed by atoms with van der Waals surface area (Å²) in [5.74, 6) is -0.452. The second kappa shape index (κ2) is 6.00. The molecule has 5 nitrogen and oxygen atoms in total. The molecule has 0 saturated heterocycles. The summed E-state index contributed by atoms with van der Waals surface area (Å²) in [5, 5.41) is 7.53. The molecule has 0 bridgehead atoms. The van der Waals surface area contributed by atoms with Crippen LogP contribution in [0.4, 0.5) is 0 Å². The summed E-state index contributed by atoms with van der Waals surface area (Å²) in [6, 6.07) is 6.92. The number of amidine groups is 1. The molecule has 1 aromatic carbocycles. The number of rotatable bonds is 5. The molecule has 1 aliphatic heterocycles. The van der Waals surface area contributed by atoms with Crippen LogP contribution >= 0.6 is 11.8 Å².